The molecule has 112 valence electrons. The summed E-state index contributed by atoms with van der Waals surface area (Å²) in [6.07, 6.45) is 10.9. The maximum absolute atomic E-state index is 12.6. The number of hydrogen-bond donors (Lipinski definition) is 0. The normalized spacial score (nSPS) is 38.2. The first-order valence-electron chi connectivity index (χ1n) is 8.26. The SMILES string of the molecule is CC(C(=O)OC12CC3CC(CC(C3)C1)C2)c1cccnc1. The van der Waals surface area contributed by atoms with Crippen LogP contribution in [0.3, 0.4) is 0 Å². The van der Waals surface area contributed by atoms with Crippen LogP contribution in [-0.4, -0.2) is 16.6 Å². The zero-order chi connectivity index (χ0) is 14.4. The van der Waals surface area contributed by atoms with Crippen molar-refractivity contribution in [2.75, 3.05) is 0 Å². The van der Waals surface area contributed by atoms with Gasteiger partial charge in [-0.05, 0) is 74.8 Å². The van der Waals surface area contributed by atoms with E-state index in [2.05, 4.69) is 4.98 Å². The van der Waals surface area contributed by atoms with Crippen LogP contribution in [0.5, 0.6) is 0 Å². The summed E-state index contributed by atoms with van der Waals surface area (Å²) in [5.41, 5.74) is 0.815. The number of aromatic nitrogens is 1. The highest BCUT2D eigenvalue weighted by Gasteiger charge is 2.53. The number of esters is 1. The summed E-state index contributed by atoms with van der Waals surface area (Å²) in [7, 11) is 0. The van der Waals surface area contributed by atoms with Gasteiger partial charge in [0.25, 0.3) is 0 Å². The van der Waals surface area contributed by atoms with Gasteiger partial charge in [0.2, 0.25) is 0 Å². The Bertz CT molecular complexity index is 504. The number of ether oxygens (including phenoxy) is 1. The van der Waals surface area contributed by atoms with Crippen molar-refractivity contribution in [1.82, 2.24) is 4.98 Å². The smallest absolute Gasteiger partial charge is 0.313 e. The molecule has 0 radical (unpaired) electrons. The number of pyridine rings is 1. The van der Waals surface area contributed by atoms with Crippen LogP contribution >= 0.6 is 0 Å². The van der Waals surface area contributed by atoms with Crippen molar-refractivity contribution in [2.24, 2.45) is 17.8 Å². The van der Waals surface area contributed by atoms with Gasteiger partial charge in [-0.15, -0.1) is 0 Å². The number of nitrogens with zero attached hydrogens (tertiary/aromatic N) is 1. The van der Waals surface area contributed by atoms with E-state index < -0.39 is 0 Å². The summed E-state index contributed by atoms with van der Waals surface area (Å²) in [5.74, 6) is 2.13. The Morgan fingerprint density at radius 1 is 1.24 bits per heavy atom. The van der Waals surface area contributed by atoms with Gasteiger partial charge in [-0.2, -0.15) is 0 Å². The lowest BCUT2D eigenvalue weighted by Gasteiger charge is -2.55. The van der Waals surface area contributed by atoms with Gasteiger partial charge in [-0.3, -0.25) is 9.78 Å². The van der Waals surface area contributed by atoms with Crippen molar-refractivity contribution in [1.29, 1.82) is 0 Å². The van der Waals surface area contributed by atoms with Gasteiger partial charge in [0.05, 0.1) is 5.92 Å². The second kappa shape index (κ2) is 4.82. The molecule has 4 saturated carbocycles. The molecule has 0 spiro atoms. The summed E-state index contributed by atoms with van der Waals surface area (Å²) in [5, 5.41) is 0. The topological polar surface area (TPSA) is 39.2 Å². The van der Waals surface area contributed by atoms with Gasteiger partial charge >= 0.3 is 5.97 Å². The Kier molecular flexibility index (Phi) is 3.05. The number of hydrogen-bond acceptors (Lipinski definition) is 3. The highest BCUT2D eigenvalue weighted by Crippen LogP contribution is 2.57. The number of carbonyl (C=O) groups is 1. The van der Waals surface area contributed by atoms with Crippen LogP contribution in [0.1, 0.15) is 56.9 Å². The summed E-state index contributed by atoms with van der Waals surface area (Å²) in [6.45, 7) is 1.93. The van der Waals surface area contributed by atoms with E-state index in [0.29, 0.717) is 0 Å². The first-order valence-corrected chi connectivity index (χ1v) is 8.26. The third-order valence-electron chi connectivity index (χ3n) is 5.84. The Morgan fingerprint density at radius 2 is 1.86 bits per heavy atom. The monoisotopic (exact) mass is 285 g/mol. The van der Waals surface area contributed by atoms with Gasteiger partial charge in [0, 0.05) is 12.4 Å². The summed E-state index contributed by atoms with van der Waals surface area (Å²) >= 11 is 0. The maximum Gasteiger partial charge on any atom is 0.313 e. The second-order valence-electron chi connectivity index (χ2n) is 7.53. The fourth-order valence-electron chi connectivity index (χ4n) is 5.23. The molecule has 4 aliphatic carbocycles. The lowest BCUT2D eigenvalue weighted by Crippen LogP contribution is -2.53. The molecule has 0 aromatic carbocycles. The Morgan fingerprint density at radius 3 is 2.38 bits per heavy atom. The molecule has 1 atom stereocenters. The summed E-state index contributed by atoms with van der Waals surface area (Å²) in [6, 6.07) is 3.84. The molecular weight excluding hydrogens is 262 g/mol. The molecule has 3 heteroatoms. The van der Waals surface area contributed by atoms with Crippen molar-refractivity contribution in [2.45, 2.75) is 57.0 Å². The highest BCUT2D eigenvalue weighted by molar-refractivity contribution is 5.78. The standard InChI is InChI=1S/C18H23NO2/c1-12(16-3-2-4-19-11-16)17(20)21-18-8-13-5-14(9-18)7-15(6-13)10-18/h2-4,11-15H,5-10H2,1H3. The van der Waals surface area contributed by atoms with E-state index in [9.17, 15) is 4.79 Å². The molecule has 1 heterocycles. The summed E-state index contributed by atoms with van der Waals surface area (Å²) < 4.78 is 6.10. The second-order valence-corrected chi connectivity index (χ2v) is 7.53. The minimum Gasteiger partial charge on any atom is -0.459 e. The van der Waals surface area contributed by atoms with Gasteiger partial charge in [0.1, 0.15) is 5.60 Å². The molecule has 4 aliphatic rings. The van der Waals surface area contributed by atoms with Crippen molar-refractivity contribution in [3.05, 3.63) is 30.1 Å². The Hall–Kier alpha value is -1.38. The molecule has 5 rings (SSSR count). The van der Waals surface area contributed by atoms with Crippen LogP contribution in [0.4, 0.5) is 0 Å². The van der Waals surface area contributed by atoms with Gasteiger partial charge in [0.15, 0.2) is 0 Å². The van der Waals surface area contributed by atoms with Crippen LogP contribution in [0, 0.1) is 17.8 Å². The van der Waals surface area contributed by atoms with E-state index in [1.165, 1.54) is 19.3 Å². The molecule has 3 nitrogen and oxygen atoms in total. The third kappa shape index (κ3) is 2.37. The van der Waals surface area contributed by atoms with E-state index in [4.69, 9.17) is 4.74 Å². The lowest BCUT2D eigenvalue weighted by atomic mass is 9.54. The number of rotatable bonds is 3. The molecule has 0 aliphatic heterocycles. The van der Waals surface area contributed by atoms with Crippen molar-refractivity contribution >= 4 is 5.97 Å². The molecular formula is C18H23NO2. The fraction of sp³-hybridized carbons (Fsp3) is 0.667. The fourth-order valence-corrected chi connectivity index (χ4v) is 5.23. The van der Waals surface area contributed by atoms with Crippen molar-refractivity contribution in [3.8, 4) is 0 Å². The lowest BCUT2D eigenvalue weighted by molar-refractivity contribution is -0.187. The predicted molar refractivity (Wildman–Crippen MR) is 79.6 cm³/mol. The van der Waals surface area contributed by atoms with Crippen LogP contribution < -0.4 is 0 Å². The van der Waals surface area contributed by atoms with Crippen LogP contribution in [-0.2, 0) is 9.53 Å². The van der Waals surface area contributed by atoms with Gasteiger partial charge in [-0.25, -0.2) is 0 Å². The zero-order valence-electron chi connectivity index (χ0n) is 12.6. The molecule has 21 heavy (non-hydrogen) atoms. The third-order valence-corrected chi connectivity index (χ3v) is 5.84. The molecule has 1 aromatic rings. The quantitative estimate of drug-likeness (QED) is 0.795. The van der Waals surface area contributed by atoms with E-state index in [1.54, 1.807) is 12.4 Å². The first kappa shape index (κ1) is 13.3. The first-order chi connectivity index (χ1) is 10.1. The van der Waals surface area contributed by atoms with E-state index in [-0.39, 0.29) is 17.5 Å². The number of carbonyl (C=O) groups excluding carboxylic acids is 1. The average Bonchev–Trinajstić information content (AvgIpc) is 2.45. The van der Waals surface area contributed by atoms with E-state index >= 15 is 0 Å². The zero-order valence-corrected chi connectivity index (χ0v) is 12.6. The van der Waals surface area contributed by atoms with Gasteiger partial charge in [-0.1, -0.05) is 6.07 Å². The molecule has 1 aromatic heterocycles. The molecule has 4 fully saturated rings. The highest BCUT2D eigenvalue weighted by atomic mass is 16.6. The molecule has 0 amide bonds. The van der Waals surface area contributed by atoms with Crippen LogP contribution in [0.25, 0.3) is 0 Å². The van der Waals surface area contributed by atoms with E-state index in [0.717, 1.165) is 42.6 Å². The molecule has 1 unspecified atom stereocenters. The Labute approximate surface area is 126 Å². The summed E-state index contributed by atoms with van der Waals surface area (Å²) in [4.78, 5) is 16.7. The Balaban J connectivity index is 1.49. The molecule has 0 N–H and O–H groups in total. The maximum atomic E-state index is 12.6. The minimum atomic E-state index is -0.216. The van der Waals surface area contributed by atoms with E-state index in [1.807, 2.05) is 19.1 Å². The largest absolute Gasteiger partial charge is 0.459 e. The van der Waals surface area contributed by atoms with Crippen LogP contribution in [0.2, 0.25) is 0 Å². The van der Waals surface area contributed by atoms with Crippen molar-refractivity contribution < 1.29 is 9.53 Å². The molecule has 0 saturated heterocycles. The average molecular weight is 285 g/mol. The minimum absolute atomic E-state index is 0.0649. The molecule has 4 bridgehead atoms. The van der Waals surface area contributed by atoms with Gasteiger partial charge < -0.3 is 4.74 Å². The van der Waals surface area contributed by atoms with Crippen LogP contribution in [0.15, 0.2) is 24.5 Å². The predicted octanol–water partition coefficient (Wildman–Crippen LogP) is 3.70. The van der Waals surface area contributed by atoms with Crippen molar-refractivity contribution in [3.63, 3.8) is 0 Å².